The van der Waals surface area contributed by atoms with Crippen LogP contribution in [0.1, 0.15) is 33.1 Å². The van der Waals surface area contributed by atoms with Crippen molar-refractivity contribution < 1.29 is 52.8 Å². The topological polar surface area (TPSA) is 152 Å². The summed E-state index contributed by atoms with van der Waals surface area (Å²) in [6, 6.07) is 0. The first-order valence-corrected chi connectivity index (χ1v) is 8.23. The molecule has 0 spiro atoms. The average molecular weight is 390 g/mol. The van der Waals surface area contributed by atoms with Crippen LogP contribution in [-0.4, -0.2) is 73.1 Å². The first kappa shape index (κ1) is 22.4. The number of cyclic esters (lactones) is 3. The van der Waals surface area contributed by atoms with Crippen molar-refractivity contribution in [1.29, 1.82) is 0 Å². The van der Waals surface area contributed by atoms with Crippen LogP contribution in [0.5, 0.6) is 0 Å². The highest BCUT2D eigenvalue weighted by molar-refractivity contribution is 5.80. The van der Waals surface area contributed by atoms with E-state index in [1.54, 1.807) is 0 Å². The first-order valence-electron chi connectivity index (χ1n) is 8.23. The van der Waals surface area contributed by atoms with Crippen molar-refractivity contribution in [1.82, 2.24) is 0 Å². The molecule has 0 aromatic carbocycles. The van der Waals surface area contributed by atoms with Gasteiger partial charge in [-0.15, -0.1) is 0 Å². The fourth-order valence-corrected chi connectivity index (χ4v) is 2.05. The Bertz CT molecular complexity index is 533. The molecule has 3 heterocycles. The van der Waals surface area contributed by atoms with E-state index < -0.39 is 48.2 Å². The first-order chi connectivity index (χ1) is 12.7. The highest BCUT2D eigenvalue weighted by atomic mass is 16.6. The van der Waals surface area contributed by atoms with E-state index in [1.165, 1.54) is 13.8 Å². The predicted octanol–water partition coefficient (Wildman–Crippen LogP) is -0.976. The second-order valence-electron chi connectivity index (χ2n) is 5.58. The molecule has 0 aromatic rings. The van der Waals surface area contributed by atoms with Crippen molar-refractivity contribution in [2.75, 3.05) is 19.8 Å². The lowest BCUT2D eigenvalue weighted by Gasteiger charge is -2.03. The molecular formula is C16H22O11. The monoisotopic (exact) mass is 390 g/mol. The van der Waals surface area contributed by atoms with Crippen molar-refractivity contribution in [3.05, 3.63) is 0 Å². The van der Waals surface area contributed by atoms with E-state index in [-0.39, 0.29) is 0 Å². The molecule has 27 heavy (non-hydrogen) atoms. The Balaban J connectivity index is 0.000000206. The summed E-state index contributed by atoms with van der Waals surface area (Å²) in [7, 11) is 0. The fourth-order valence-electron chi connectivity index (χ4n) is 2.05. The molecule has 0 aliphatic carbocycles. The molecule has 0 amide bonds. The fraction of sp³-hybridized carbons (Fsp3) is 0.688. The molecule has 0 bridgehead atoms. The minimum Gasteiger partial charge on any atom is -0.464 e. The molecule has 0 aromatic heterocycles. The summed E-state index contributed by atoms with van der Waals surface area (Å²) in [6.45, 7) is 3.63. The van der Waals surface area contributed by atoms with Crippen LogP contribution in [-0.2, 0) is 47.7 Å². The molecule has 3 aliphatic heterocycles. The van der Waals surface area contributed by atoms with Gasteiger partial charge in [-0.25, -0.2) is 14.4 Å². The molecule has 3 rings (SSSR count). The number of rotatable bonds is 2. The molecule has 2 unspecified atom stereocenters. The Morgan fingerprint density at radius 3 is 1.33 bits per heavy atom. The van der Waals surface area contributed by atoms with Crippen molar-refractivity contribution in [2.45, 2.75) is 51.4 Å². The number of aliphatic hydroxyl groups is 1. The summed E-state index contributed by atoms with van der Waals surface area (Å²) < 4.78 is 22.7. The Kier molecular flexibility index (Phi) is 9.20. The predicted molar refractivity (Wildman–Crippen MR) is 83.8 cm³/mol. The van der Waals surface area contributed by atoms with Crippen molar-refractivity contribution >= 4 is 29.8 Å². The Morgan fingerprint density at radius 2 is 1.15 bits per heavy atom. The highest BCUT2D eigenvalue weighted by Gasteiger charge is 2.29. The maximum atomic E-state index is 10.6. The van der Waals surface area contributed by atoms with E-state index in [4.69, 9.17) is 5.11 Å². The van der Waals surface area contributed by atoms with Gasteiger partial charge in [0.2, 0.25) is 12.2 Å². The lowest BCUT2D eigenvalue weighted by Crippen LogP contribution is -2.20. The summed E-state index contributed by atoms with van der Waals surface area (Å²) in [4.78, 5) is 52.0. The van der Waals surface area contributed by atoms with Crippen LogP contribution >= 0.6 is 0 Å². The van der Waals surface area contributed by atoms with Gasteiger partial charge >= 0.3 is 29.8 Å². The lowest BCUT2D eigenvalue weighted by molar-refractivity contribution is -0.158. The van der Waals surface area contributed by atoms with Gasteiger partial charge in [0.1, 0.15) is 0 Å². The van der Waals surface area contributed by atoms with Gasteiger partial charge in [0, 0.05) is 33.1 Å². The smallest absolute Gasteiger partial charge is 0.347 e. The summed E-state index contributed by atoms with van der Waals surface area (Å²) >= 11 is 0. The van der Waals surface area contributed by atoms with Gasteiger partial charge in [0.25, 0.3) is 0 Å². The Hall–Kier alpha value is -2.69. The number of aliphatic hydroxyl groups excluding tert-OH is 1. The molecular weight excluding hydrogens is 368 g/mol. The molecule has 11 heteroatoms. The van der Waals surface area contributed by atoms with Crippen molar-refractivity contribution in [3.8, 4) is 0 Å². The molecule has 3 aliphatic rings. The van der Waals surface area contributed by atoms with Crippen LogP contribution in [0.15, 0.2) is 0 Å². The molecule has 3 fully saturated rings. The van der Waals surface area contributed by atoms with Gasteiger partial charge in [0.05, 0.1) is 19.8 Å². The largest absolute Gasteiger partial charge is 0.464 e. The minimum absolute atomic E-state index is 0.358. The Morgan fingerprint density at radius 1 is 0.778 bits per heavy atom. The summed E-state index contributed by atoms with van der Waals surface area (Å²) in [5.41, 5.74) is 0. The van der Waals surface area contributed by atoms with E-state index in [0.717, 1.165) is 0 Å². The third-order valence-corrected chi connectivity index (χ3v) is 3.30. The summed E-state index contributed by atoms with van der Waals surface area (Å²) in [6.07, 6.45) is -0.731. The minimum atomic E-state index is -0.847. The molecule has 1 N–H and O–H groups in total. The van der Waals surface area contributed by atoms with E-state index in [1.807, 2.05) is 0 Å². The number of carbonyl (C=O) groups is 5. The normalized spacial score (nSPS) is 25.7. The van der Waals surface area contributed by atoms with E-state index in [9.17, 15) is 24.0 Å². The molecule has 3 saturated heterocycles. The molecule has 0 radical (unpaired) electrons. The zero-order chi connectivity index (χ0) is 20.4. The van der Waals surface area contributed by atoms with Crippen LogP contribution in [0.3, 0.4) is 0 Å². The van der Waals surface area contributed by atoms with Crippen molar-refractivity contribution in [2.24, 2.45) is 0 Å². The molecule has 3 atom stereocenters. The second kappa shape index (κ2) is 11.1. The molecule has 0 saturated carbocycles. The number of carbonyl (C=O) groups excluding carboxylic acids is 5. The number of ether oxygens (including phenoxy) is 5. The second-order valence-corrected chi connectivity index (χ2v) is 5.58. The van der Waals surface area contributed by atoms with Crippen LogP contribution in [0.4, 0.5) is 0 Å². The third kappa shape index (κ3) is 8.49. The van der Waals surface area contributed by atoms with Crippen LogP contribution < -0.4 is 0 Å². The quantitative estimate of drug-likeness (QED) is 0.457. The highest BCUT2D eigenvalue weighted by Crippen LogP contribution is 2.10. The van der Waals surface area contributed by atoms with E-state index in [2.05, 4.69) is 23.7 Å². The van der Waals surface area contributed by atoms with Gasteiger partial charge in [-0.2, -0.15) is 0 Å². The third-order valence-electron chi connectivity index (χ3n) is 3.30. The summed E-state index contributed by atoms with van der Waals surface area (Å²) in [5.74, 6) is -2.24. The SMILES string of the molecule is CC(=O)OC1CCOC1=O.CC(=O)OC1CCOC1=O.O=C1OCC[C@H]1O. The van der Waals surface area contributed by atoms with Crippen LogP contribution in [0, 0.1) is 0 Å². The zero-order valence-corrected chi connectivity index (χ0v) is 15.0. The molecule has 11 nitrogen and oxygen atoms in total. The average Bonchev–Trinajstić information content (AvgIpc) is 3.26. The van der Waals surface area contributed by atoms with Gasteiger partial charge in [-0.1, -0.05) is 0 Å². The van der Waals surface area contributed by atoms with Gasteiger partial charge in [-0.05, 0) is 0 Å². The lowest BCUT2D eigenvalue weighted by atomic mass is 10.3. The van der Waals surface area contributed by atoms with Crippen LogP contribution in [0.25, 0.3) is 0 Å². The maximum Gasteiger partial charge on any atom is 0.347 e. The number of hydrogen-bond donors (Lipinski definition) is 1. The van der Waals surface area contributed by atoms with E-state index in [0.29, 0.717) is 39.1 Å². The zero-order valence-electron chi connectivity index (χ0n) is 15.0. The van der Waals surface area contributed by atoms with Crippen LogP contribution in [0.2, 0.25) is 0 Å². The van der Waals surface area contributed by atoms with Gasteiger partial charge in [-0.3, -0.25) is 9.59 Å². The number of esters is 5. The van der Waals surface area contributed by atoms with E-state index >= 15 is 0 Å². The van der Waals surface area contributed by atoms with Gasteiger partial charge < -0.3 is 28.8 Å². The number of hydrogen-bond acceptors (Lipinski definition) is 11. The molecule has 152 valence electrons. The standard InChI is InChI=1S/2C6H8O4.C4H6O3/c2*1-4(7)10-5-2-3-9-6(5)8;5-3-1-2-7-4(3)6/h2*5H,2-3H2,1H3;3,5H,1-2H2/t;;3-/m..1/s1. The van der Waals surface area contributed by atoms with Gasteiger partial charge in [0.15, 0.2) is 6.10 Å². The maximum absolute atomic E-state index is 10.6. The summed E-state index contributed by atoms with van der Waals surface area (Å²) in [5, 5.41) is 8.52. The Labute approximate surface area is 154 Å². The van der Waals surface area contributed by atoms with Crippen molar-refractivity contribution in [3.63, 3.8) is 0 Å².